The number of nitrogens with one attached hydrogen (secondary N) is 1. The summed E-state index contributed by atoms with van der Waals surface area (Å²) in [5.41, 5.74) is 3.02. The van der Waals surface area contributed by atoms with E-state index in [0.717, 1.165) is 11.1 Å². The van der Waals surface area contributed by atoms with Gasteiger partial charge in [-0.05, 0) is 44.2 Å². The number of amides is 2. The molecule has 0 saturated carbocycles. The fraction of sp³-hybridized carbons (Fsp3) is 0.222. The Morgan fingerprint density at radius 2 is 1.88 bits per heavy atom. The van der Waals surface area contributed by atoms with Crippen LogP contribution < -0.4 is 10.2 Å². The van der Waals surface area contributed by atoms with E-state index in [2.05, 4.69) is 5.32 Å². The Labute approximate surface area is 143 Å². The van der Waals surface area contributed by atoms with Crippen LogP contribution in [0.3, 0.4) is 0 Å². The fourth-order valence-corrected chi connectivity index (χ4v) is 4.78. The van der Waals surface area contributed by atoms with Crippen molar-refractivity contribution >= 4 is 35.0 Å². The number of benzene rings is 2. The van der Waals surface area contributed by atoms with Gasteiger partial charge in [-0.2, -0.15) is 0 Å². The number of thioether (sulfide) groups is 1. The Hall–Kier alpha value is -2.34. The maximum absolute atomic E-state index is 13.3. The van der Waals surface area contributed by atoms with Gasteiger partial charge in [-0.15, -0.1) is 11.8 Å². The van der Waals surface area contributed by atoms with E-state index in [1.165, 1.54) is 40.9 Å². The summed E-state index contributed by atoms with van der Waals surface area (Å²) in [4.78, 5) is 26.1. The lowest BCUT2D eigenvalue weighted by Gasteiger charge is -2.32. The molecule has 0 bridgehead atoms. The summed E-state index contributed by atoms with van der Waals surface area (Å²) in [6, 6.07) is 11.4. The smallest absolute Gasteiger partial charge is 0.266 e. The molecule has 1 N–H and O–H groups in total. The lowest BCUT2D eigenvalue weighted by Crippen LogP contribution is -2.47. The molecule has 2 atom stereocenters. The highest BCUT2D eigenvalue weighted by Gasteiger charge is 2.60. The molecule has 6 heteroatoms. The van der Waals surface area contributed by atoms with Gasteiger partial charge in [0.25, 0.3) is 5.91 Å². The highest BCUT2D eigenvalue weighted by Crippen LogP contribution is 2.56. The minimum Gasteiger partial charge on any atom is -0.323 e. The van der Waals surface area contributed by atoms with Gasteiger partial charge in [0.15, 0.2) is 0 Å². The zero-order valence-corrected chi connectivity index (χ0v) is 14.0. The van der Waals surface area contributed by atoms with Crippen molar-refractivity contribution in [2.45, 2.75) is 24.0 Å². The number of hydrogen-bond donors (Lipinski definition) is 1. The molecule has 1 fully saturated rings. The molecule has 0 aromatic heterocycles. The Morgan fingerprint density at radius 3 is 2.58 bits per heavy atom. The second kappa shape index (κ2) is 5.08. The number of anilines is 2. The average molecular weight is 342 g/mol. The van der Waals surface area contributed by atoms with Crippen LogP contribution in [0.4, 0.5) is 15.8 Å². The van der Waals surface area contributed by atoms with Crippen LogP contribution in [-0.2, 0) is 14.5 Å². The van der Waals surface area contributed by atoms with Gasteiger partial charge in [-0.25, -0.2) is 4.39 Å². The van der Waals surface area contributed by atoms with E-state index in [0.29, 0.717) is 11.4 Å². The molecule has 2 aliphatic rings. The summed E-state index contributed by atoms with van der Waals surface area (Å²) < 4.78 is 13.3. The largest absolute Gasteiger partial charge is 0.323 e. The molecule has 1 saturated heterocycles. The molecule has 2 aliphatic heterocycles. The summed E-state index contributed by atoms with van der Waals surface area (Å²) in [7, 11) is 0. The number of carbonyl (C=O) groups excluding carboxylic acids is 2. The van der Waals surface area contributed by atoms with E-state index >= 15 is 0 Å². The van der Waals surface area contributed by atoms with E-state index in [1.54, 1.807) is 6.92 Å². The first-order chi connectivity index (χ1) is 11.4. The Kier molecular flexibility index (Phi) is 3.22. The number of carbonyl (C=O) groups is 2. The minimum atomic E-state index is -1.14. The Bertz CT molecular complexity index is 868. The van der Waals surface area contributed by atoms with E-state index in [-0.39, 0.29) is 22.9 Å². The molecule has 0 unspecified atom stereocenters. The van der Waals surface area contributed by atoms with E-state index in [1.807, 2.05) is 25.1 Å². The molecule has 0 aliphatic carbocycles. The van der Waals surface area contributed by atoms with Crippen molar-refractivity contribution in [3.05, 3.63) is 59.4 Å². The van der Waals surface area contributed by atoms with Crippen LogP contribution in [0.15, 0.2) is 42.5 Å². The normalized spacial score (nSPS) is 25.3. The van der Waals surface area contributed by atoms with Crippen LogP contribution in [0.5, 0.6) is 0 Å². The zero-order chi connectivity index (χ0) is 17.1. The molecular weight excluding hydrogens is 327 g/mol. The SMILES string of the molecule is Cc1ccc2c(c1)[C@]1(S[C@H](C)C(=O)N1c1ccc(F)cc1)C(=O)N2. The molecule has 24 heavy (non-hydrogen) atoms. The quantitative estimate of drug-likeness (QED) is 0.864. The van der Waals surface area contributed by atoms with Crippen molar-refractivity contribution in [1.29, 1.82) is 0 Å². The molecule has 2 amide bonds. The number of fused-ring (bicyclic) bond motifs is 2. The maximum Gasteiger partial charge on any atom is 0.266 e. The van der Waals surface area contributed by atoms with Gasteiger partial charge in [0, 0.05) is 16.9 Å². The number of nitrogens with zero attached hydrogens (tertiary/aromatic N) is 1. The van der Waals surface area contributed by atoms with Crippen molar-refractivity contribution in [2.24, 2.45) is 0 Å². The van der Waals surface area contributed by atoms with Gasteiger partial charge in [0.2, 0.25) is 10.8 Å². The van der Waals surface area contributed by atoms with Crippen molar-refractivity contribution in [3.8, 4) is 0 Å². The monoisotopic (exact) mass is 342 g/mol. The second-order valence-corrected chi connectivity index (χ2v) is 7.59. The van der Waals surface area contributed by atoms with Crippen molar-refractivity contribution in [1.82, 2.24) is 0 Å². The first kappa shape index (κ1) is 15.2. The van der Waals surface area contributed by atoms with Crippen molar-refractivity contribution < 1.29 is 14.0 Å². The van der Waals surface area contributed by atoms with Gasteiger partial charge >= 0.3 is 0 Å². The summed E-state index contributed by atoms with van der Waals surface area (Å²) in [5.74, 6) is -0.779. The lowest BCUT2D eigenvalue weighted by atomic mass is 10.0. The zero-order valence-electron chi connectivity index (χ0n) is 13.2. The maximum atomic E-state index is 13.3. The van der Waals surface area contributed by atoms with E-state index in [9.17, 15) is 14.0 Å². The van der Waals surface area contributed by atoms with Crippen LogP contribution in [0, 0.1) is 12.7 Å². The third-order valence-electron chi connectivity index (χ3n) is 4.41. The summed E-state index contributed by atoms with van der Waals surface area (Å²) in [6.07, 6.45) is 0. The number of halogens is 1. The first-order valence-electron chi connectivity index (χ1n) is 7.63. The predicted molar refractivity (Wildman–Crippen MR) is 92.4 cm³/mol. The van der Waals surface area contributed by atoms with Crippen LogP contribution in [0.1, 0.15) is 18.1 Å². The average Bonchev–Trinajstić information content (AvgIpc) is 2.97. The van der Waals surface area contributed by atoms with Crippen LogP contribution in [-0.4, -0.2) is 17.1 Å². The molecule has 1 spiro atoms. The first-order valence-corrected chi connectivity index (χ1v) is 8.51. The topological polar surface area (TPSA) is 49.4 Å². The molecule has 2 aromatic rings. The third-order valence-corrected chi connectivity index (χ3v) is 5.90. The molecule has 4 rings (SSSR count). The number of aryl methyl sites for hydroxylation is 1. The summed E-state index contributed by atoms with van der Waals surface area (Å²) in [6.45, 7) is 3.74. The number of rotatable bonds is 1. The molecule has 2 aromatic carbocycles. The second-order valence-electron chi connectivity index (χ2n) is 6.06. The minimum absolute atomic E-state index is 0.156. The highest BCUT2D eigenvalue weighted by molar-refractivity contribution is 8.03. The Balaban J connectivity index is 1.95. The summed E-state index contributed by atoms with van der Waals surface area (Å²) >= 11 is 1.32. The molecule has 2 heterocycles. The van der Waals surface area contributed by atoms with Gasteiger partial charge in [0.05, 0.1) is 5.25 Å². The van der Waals surface area contributed by atoms with E-state index < -0.39 is 4.87 Å². The van der Waals surface area contributed by atoms with Gasteiger partial charge in [0.1, 0.15) is 5.82 Å². The molecular formula is C18H15FN2O2S. The fourth-order valence-electron chi connectivity index (χ4n) is 3.31. The predicted octanol–water partition coefficient (Wildman–Crippen LogP) is 3.41. The molecule has 0 radical (unpaired) electrons. The van der Waals surface area contributed by atoms with Crippen LogP contribution in [0.2, 0.25) is 0 Å². The van der Waals surface area contributed by atoms with Crippen molar-refractivity contribution in [3.63, 3.8) is 0 Å². The van der Waals surface area contributed by atoms with Crippen LogP contribution >= 0.6 is 11.8 Å². The molecule has 122 valence electrons. The Morgan fingerprint density at radius 1 is 1.17 bits per heavy atom. The van der Waals surface area contributed by atoms with Crippen molar-refractivity contribution in [2.75, 3.05) is 10.2 Å². The summed E-state index contributed by atoms with van der Waals surface area (Å²) in [5, 5.41) is 2.51. The van der Waals surface area contributed by atoms with Gasteiger partial charge in [-0.1, -0.05) is 17.7 Å². The van der Waals surface area contributed by atoms with E-state index in [4.69, 9.17) is 0 Å². The lowest BCUT2D eigenvalue weighted by molar-refractivity contribution is -0.122. The standard InChI is InChI=1S/C18H15FN2O2S/c1-10-3-8-15-14(9-10)18(17(23)20-15)21(16(22)11(2)24-18)13-6-4-12(19)5-7-13/h3-9,11H,1-2H3,(H,20,23)/t11-,18+/m1/s1. The van der Waals surface area contributed by atoms with Crippen LogP contribution in [0.25, 0.3) is 0 Å². The van der Waals surface area contributed by atoms with Gasteiger partial charge in [-0.3, -0.25) is 14.5 Å². The van der Waals surface area contributed by atoms with Gasteiger partial charge < -0.3 is 5.32 Å². The third kappa shape index (κ3) is 1.92. The number of hydrogen-bond acceptors (Lipinski definition) is 3. The molecule has 4 nitrogen and oxygen atoms in total. The highest BCUT2D eigenvalue weighted by atomic mass is 32.2.